The summed E-state index contributed by atoms with van der Waals surface area (Å²) in [5.74, 6) is -0.0761. The molecule has 0 radical (unpaired) electrons. The third kappa shape index (κ3) is 2.61. The Morgan fingerprint density at radius 2 is 1.80 bits per heavy atom. The molecule has 20 heavy (non-hydrogen) atoms. The van der Waals surface area contributed by atoms with Crippen LogP contribution in [0.4, 0.5) is 4.39 Å². The molecular formula is C18H19FO. The van der Waals surface area contributed by atoms with E-state index in [1.54, 1.807) is 6.07 Å². The second kappa shape index (κ2) is 5.76. The lowest BCUT2D eigenvalue weighted by Gasteiger charge is -2.22. The van der Waals surface area contributed by atoms with Gasteiger partial charge in [0, 0.05) is 0 Å². The molecule has 0 aliphatic heterocycles. The Bertz CT molecular complexity index is 593. The fraction of sp³-hybridized carbons (Fsp3) is 0.333. The SMILES string of the molecule is OC1c2ccccc2CCCC1Cc1ccccc1F. The van der Waals surface area contributed by atoms with Gasteiger partial charge in [0.25, 0.3) is 0 Å². The van der Waals surface area contributed by atoms with Crippen molar-refractivity contribution in [3.63, 3.8) is 0 Å². The Morgan fingerprint density at radius 3 is 2.65 bits per heavy atom. The lowest BCUT2D eigenvalue weighted by atomic mass is 9.88. The smallest absolute Gasteiger partial charge is 0.126 e. The summed E-state index contributed by atoms with van der Waals surface area (Å²) >= 11 is 0. The molecule has 2 heteroatoms. The summed E-state index contributed by atoms with van der Waals surface area (Å²) in [5.41, 5.74) is 2.96. The molecule has 2 unspecified atom stereocenters. The topological polar surface area (TPSA) is 20.2 Å². The maximum absolute atomic E-state index is 13.8. The van der Waals surface area contributed by atoms with E-state index in [0.29, 0.717) is 12.0 Å². The molecule has 2 aromatic carbocycles. The summed E-state index contributed by atoms with van der Waals surface area (Å²) in [6.07, 6.45) is 3.09. The zero-order valence-electron chi connectivity index (χ0n) is 11.4. The predicted octanol–water partition coefficient (Wildman–Crippen LogP) is 4.05. The Kier molecular flexibility index (Phi) is 3.83. The van der Waals surface area contributed by atoms with E-state index < -0.39 is 6.10 Å². The molecule has 1 aliphatic carbocycles. The average Bonchev–Trinajstić information content (AvgIpc) is 2.62. The van der Waals surface area contributed by atoms with Crippen LogP contribution in [0.2, 0.25) is 0 Å². The lowest BCUT2D eigenvalue weighted by Crippen LogP contribution is -2.15. The largest absolute Gasteiger partial charge is 0.388 e. The molecule has 1 aliphatic rings. The van der Waals surface area contributed by atoms with Crippen molar-refractivity contribution in [3.8, 4) is 0 Å². The molecule has 0 fully saturated rings. The second-order valence-electron chi connectivity index (χ2n) is 5.59. The van der Waals surface area contributed by atoms with Crippen molar-refractivity contribution in [3.05, 3.63) is 71.0 Å². The lowest BCUT2D eigenvalue weighted by molar-refractivity contribution is 0.104. The third-order valence-corrected chi connectivity index (χ3v) is 4.28. The van der Waals surface area contributed by atoms with Crippen LogP contribution < -0.4 is 0 Å². The number of hydrogen-bond donors (Lipinski definition) is 1. The van der Waals surface area contributed by atoms with Crippen molar-refractivity contribution in [2.24, 2.45) is 5.92 Å². The maximum atomic E-state index is 13.8. The van der Waals surface area contributed by atoms with E-state index in [1.165, 1.54) is 11.6 Å². The predicted molar refractivity (Wildman–Crippen MR) is 77.9 cm³/mol. The van der Waals surface area contributed by atoms with Crippen LogP contribution in [0.3, 0.4) is 0 Å². The zero-order valence-corrected chi connectivity index (χ0v) is 11.4. The van der Waals surface area contributed by atoms with Crippen molar-refractivity contribution >= 4 is 0 Å². The van der Waals surface area contributed by atoms with Gasteiger partial charge in [-0.2, -0.15) is 0 Å². The molecule has 1 N–H and O–H groups in total. The van der Waals surface area contributed by atoms with Crippen molar-refractivity contribution < 1.29 is 9.50 Å². The molecule has 0 spiro atoms. The van der Waals surface area contributed by atoms with E-state index in [1.807, 2.05) is 30.3 Å². The van der Waals surface area contributed by atoms with E-state index in [9.17, 15) is 9.50 Å². The van der Waals surface area contributed by atoms with Gasteiger partial charge in [-0.05, 0) is 54.4 Å². The molecule has 2 atom stereocenters. The van der Waals surface area contributed by atoms with E-state index in [0.717, 1.165) is 24.8 Å². The van der Waals surface area contributed by atoms with Gasteiger partial charge >= 0.3 is 0 Å². The van der Waals surface area contributed by atoms with Gasteiger partial charge in [0.15, 0.2) is 0 Å². The Hall–Kier alpha value is -1.67. The molecule has 0 heterocycles. The van der Waals surface area contributed by atoms with Crippen LogP contribution in [0.15, 0.2) is 48.5 Å². The molecule has 0 bridgehead atoms. The van der Waals surface area contributed by atoms with Gasteiger partial charge in [0.1, 0.15) is 5.82 Å². The minimum absolute atomic E-state index is 0.0931. The normalized spacial score (nSPS) is 22.1. The summed E-state index contributed by atoms with van der Waals surface area (Å²) in [6.45, 7) is 0. The van der Waals surface area contributed by atoms with Crippen LogP contribution in [0, 0.1) is 11.7 Å². The molecule has 0 saturated carbocycles. The number of benzene rings is 2. The third-order valence-electron chi connectivity index (χ3n) is 4.28. The highest BCUT2D eigenvalue weighted by Crippen LogP contribution is 2.35. The molecular weight excluding hydrogens is 251 g/mol. The van der Waals surface area contributed by atoms with Crippen LogP contribution in [0.5, 0.6) is 0 Å². The summed E-state index contributed by atoms with van der Waals surface area (Å²) in [5, 5.41) is 10.6. The van der Waals surface area contributed by atoms with Crippen LogP contribution in [-0.4, -0.2) is 5.11 Å². The van der Waals surface area contributed by atoms with Gasteiger partial charge in [-0.15, -0.1) is 0 Å². The van der Waals surface area contributed by atoms with Crippen molar-refractivity contribution in [1.82, 2.24) is 0 Å². The minimum Gasteiger partial charge on any atom is -0.388 e. The fourth-order valence-corrected chi connectivity index (χ4v) is 3.18. The second-order valence-corrected chi connectivity index (χ2v) is 5.59. The summed E-state index contributed by atoms with van der Waals surface area (Å²) < 4.78 is 13.8. The highest BCUT2D eigenvalue weighted by Gasteiger charge is 2.26. The van der Waals surface area contributed by atoms with E-state index in [-0.39, 0.29) is 11.7 Å². The molecule has 104 valence electrons. The molecule has 0 amide bonds. The summed E-state index contributed by atoms with van der Waals surface area (Å²) in [7, 11) is 0. The monoisotopic (exact) mass is 270 g/mol. The van der Waals surface area contributed by atoms with E-state index >= 15 is 0 Å². The number of aryl methyl sites for hydroxylation is 1. The maximum Gasteiger partial charge on any atom is 0.126 e. The fourth-order valence-electron chi connectivity index (χ4n) is 3.18. The van der Waals surface area contributed by atoms with E-state index in [4.69, 9.17) is 0 Å². The molecule has 0 aromatic heterocycles. The summed E-state index contributed by atoms with van der Waals surface area (Å²) in [4.78, 5) is 0. The number of rotatable bonds is 2. The number of fused-ring (bicyclic) bond motifs is 1. The van der Waals surface area contributed by atoms with Crippen molar-refractivity contribution in [2.45, 2.75) is 31.8 Å². The van der Waals surface area contributed by atoms with Gasteiger partial charge in [0.2, 0.25) is 0 Å². The van der Waals surface area contributed by atoms with Gasteiger partial charge in [0.05, 0.1) is 6.10 Å². The van der Waals surface area contributed by atoms with Crippen LogP contribution in [0.25, 0.3) is 0 Å². The number of aliphatic hydroxyl groups is 1. The Morgan fingerprint density at radius 1 is 1.05 bits per heavy atom. The first kappa shape index (κ1) is 13.3. The standard InChI is InChI=1S/C18H19FO/c19-17-11-4-2-7-14(17)12-15-9-5-8-13-6-1-3-10-16(13)18(15)20/h1-4,6-7,10-11,15,18,20H,5,8-9,12H2. The van der Waals surface area contributed by atoms with Gasteiger partial charge < -0.3 is 5.11 Å². The summed E-state index contributed by atoms with van der Waals surface area (Å²) in [6, 6.07) is 14.9. The van der Waals surface area contributed by atoms with Gasteiger partial charge in [-0.1, -0.05) is 42.5 Å². The van der Waals surface area contributed by atoms with Gasteiger partial charge in [-0.25, -0.2) is 4.39 Å². The first-order valence-corrected chi connectivity index (χ1v) is 7.25. The average molecular weight is 270 g/mol. The van der Waals surface area contributed by atoms with Crippen LogP contribution in [-0.2, 0) is 12.8 Å². The van der Waals surface area contributed by atoms with Crippen molar-refractivity contribution in [1.29, 1.82) is 0 Å². The molecule has 3 rings (SSSR count). The van der Waals surface area contributed by atoms with Crippen LogP contribution in [0.1, 0.15) is 35.6 Å². The van der Waals surface area contributed by atoms with Gasteiger partial charge in [-0.3, -0.25) is 0 Å². The number of aliphatic hydroxyl groups excluding tert-OH is 1. The highest BCUT2D eigenvalue weighted by atomic mass is 19.1. The first-order valence-electron chi connectivity index (χ1n) is 7.25. The molecule has 1 nitrogen and oxygen atoms in total. The first-order chi connectivity index (χ1) is 9.75. The Labute approximate surface area is 119 Å². The van der Waals surface area contributed by atoms with Crippen LogP contribution >= 0.6 is 0 Å². The number of halogens is 1. The Balaban J connectivity index is 1.86. The minimum atomic E-state index is -0.492. The highest BCUT2D eigenvalue weighted by molar-refractivity contribution is 5.31. The van der Waals surface area contributed by atoms with E-state index in [2.05, 4.69) is 6.07 Å². The zero-order chi connectivity index (χ0) is 13.9. The molecule has 0 saturated heterocycles. The number of hydrogen-bond acceptors (Lipinski definition) is 1. The quantitative estimate of drug-likeness (QED) is 0.816. The van der Waals surface area contributed by atoms with Crippen molar-refractivity contribution in [2.75, 3.05) is 0 Å². The molecule has 2 aromatic rings.